The Morgan fingerprint density at radius 2 is 2.04 bits per heavy atom. The van der Waals surface area contributed by atoms with Gasteiger partial charge < -0.3 is 10.1 Å². The summed E-state index contributed by atoms with van der Waals surface area (Å²) in [6.45, 7) is 0. The molecule has 1 aliphatic heterocycles. The average Bonchev–Trinajstić information content (AvgIpc) is 3.00. The van der Waals surface area contributed by atoms with Crippen molar-refractivity contribution in [1.29, 1.82) is 0 Å². The van der Waals surface area contributed by atoms with Crippen LogP contribution in [-0.4, -0.2) is 26.0 Å². The summed E-state index contributed by atoms with van der Waals surface area (Å²) >= 11 is 9.14. The Labute approximate surface area is 146 Å². The second-order valence-corrected chi connectivity index (χ2v) is 6.21. The molecule has 3 aromatic heterocycles. The Bertz CT molecular complexity index is 1170. The minimum absolute atomic E-state index is 0.0154. The van der Waals surface area contributed by atoms with E-state index in [1.54, 1.807) is 12.3 Å². The standard InChI is InChI=1S/C14H6BrClN6O2/c15-5-1-7-9(13(23)20-12(7)18-3-5)21-22-11-10-8(19-14(11)24)2-6(16)4-17-10/h1-4,23H,(H,18,20). The Hall–Kier alpha value is -2.65. The van der Waals surface area contributed by atoms with Crippen molar-refractivity contribution in [1.82, 2.24) is 15.0 Å². The van der Waals surface area contributed by atoms with Crippen LogP contribution < -0.4 is 10.7 Å². The van der Waals surface area contributed by atoms with Crippen molar-refractivity contribution in [3.05, 3.63) is 44.7 Å². The van der Waals surface area contributed by atoms with Gasteiger partial charge in [0.1, 0.15) is 11.0 Å². The van der Waals surface area contributed by atoms with Crippen LogP contribution in [0.1, 0.15) is 0 Å². The quantitative estimate of drug-likeness (QED) is 0.635. The average molecular weight is 406 g/mol. The first-order chi connectivity index (χ1) is 11.5. The summed E-state index contributed by atoms with van der Waals surface area (Å²) < 4.78 is 0.715. The van der Waals surface area contributed by atoms with Gasteiger partial charge in [0.15, 0.2) is 11.4 Å². The topological polar surface area (TPSA) is 116 Å². The van der Waals surface area contributed by atoms with E-state index in [9.17, 15) is 9.90 Å². The first-order valence-corrected chi connectivity index (χ1v) is 7.77. The van der Waals surface area contributed by atoms with Gasteiger partial charge in [0.25, 0.3) is 5.91 Å². The van der Waals surface area contributed by atoms with E-state index in [2.05, 4.69) is 46.1 Å². The molecule has 0 fully saturated rings. The number of hydrogen-bond acceptors (Lipinski definition) is 6. The van der Waals surface area contributed by atoms with Crippen LogP contribution in [0.15, 0.2) is 44.2 Å². The maximum atomic E-state index is 12.0. The number of nitrogens with one attached hydrogen (secondary N) is 1. The predicted octanol–water partition coefficient (Wildman–Crippen LogP) is 2.13. The maximum absolute atomic E-state index is 12.0. The van der Waals surface area contributed by atoms with Gasteiger partial charge in [0.05, 0.1) is 15.8 Å². The van der Waals surface area contributed by atoms with Crippen molar-refractivity contribution in [2.75, 3.05) is 0 Å². The molecular formula is C14H6BrClN6O2. The molecule has 118 valence electrons. The van der Waals surface area contributed by atoms with Gasteiger partial charge in [-0.25, -0.2) is 9.98 Å². The third-order valence-electron chi connectivity index (χ3n) is 3.30. The summed E-state index contributed by atoms with van der Waals surface area (Å²) in [6.07, 6.45) is 2.98. The van der Waals surface area contributed by atoms with E-state index >= 15 is 0 Å². The van der Waals surface area contributed by atoms with E-state index in [-0.39, 0.29) is 17.3 Å². The van der Waals surface area contributed by atoms with Crippen LogP contribution in [0.2, 0.25) is 5.02 Å². The molecule has 3 aromatic rings. The molecule has 4 rings (SSSR count). The highest BCUT2D eigenvalue weighted by Crippen LogP contribution is 2.36. The van der Waals surface area contributed by atoms with Crippen LogP contribution >= 0.6 is 27.5 Å². The number of H-pyrrole nitrogens is 1. The highest BCUT2D eigenvalue weighted by atomic mass is 79.9. The van der Waals surface area contributed by atoms with Crippen LogP contribution in [0.4, 0.5) is 5.69 Å². The SMILES string of the molecule is O=C1N=c2cc(Cl)cnc2=C1N=Nc1c(O)[nH]c2ncc(Br)cc12. The van der Waals surface area contributed by atoms with Crippen molar-refractivity contribution >= 4 is 55.9 Å². The van der Waals surface area contributed by atoms with E-state index in [0.717, 1.165) is 0 Å². The monoisotopic (exact) mass is 404 g/mol. The van der Waals surface area contributed by atoms with E-state index < -0.39 is 5.91 Å². The highest BCUT2D eigenvalue weighted by Gasteiger charge is 2.19. The summed E-state index contributed by atoms with van der Waals surface area (Å²) in [5.74, 6) is -0.770. The smallest absolute Gasteiger partial charge is 0.300 e. The van der Waals surface area contributed by atoms with Gasteiger partial charge in [-0.15, -0.1) is 10.2 Å². The molecule has 1 amide bonds. The van der Waals surface area contributed by atoms with Crippen LogP contribution in [0.5, 0.6) is 5.88 Å². The second kappa shape index (κ2) is 5.46. The number of pyridine rings is 2. The minimum Gasteiger partial charge on any atom is -0.493 e. The lowest BCUT2D eigenvalue weighted by molar-refractivity contribution is -0.112. The number of nitrogens with zero attached hydrogens (tertiary/aromatic N) is 5. The van der Waals surface area contributed by atoms with Gasteiger partial charge in [-0.1, -0.05) is 11.6 Å². The fourth-order valence-corrected chi connectivity index (χ4v) is 2.75. The first kappa shape index (κ1) is 14.9. The third-order valence-corrected chi connectivity index (χ3v) is 3.94. The van der Waals surface area contributed by atoms with Gasteiger partial charge in [-0.2, -0.15) is 0 Å². The summed E-state index contributed by atoms with van der Waals surface area (Å²) in [5.41, 5.74) is 0.599. The predicted molar refractivity (Wildman–Crippen MR) is 88.4 cm³/mol. The van der Waals surface area contributed by atoms with Gasteiger partial charge in [0, 0.05) is 16.9 Å². The molecular weight excluding hydrogens is 400 g/mol. The molecule has 8 nitrogen and oxygen atoms in total. The van der Waals surface area contributed by atoms with E-state index in [4.69, 9.17) is 11.6 Å². The van der Waals surface area contributed by atoms with E-state index in [1.807, 2.05) is 0 Å². The summed E-state index contributed by atoms with van der Waals surface area (Å²) in [6, 6.07) is 3.25. The molecule has 0 bridgehead atoms. The number of rotatable bonds is 2. The number of aromatic amines is 1. The molecule has 0 aliphatic carbocycles. The van der Waals surface area contributed by atoms with Gasteiger partial charge in [-0.3, -0.25) is 9.78 Å². The number of fused-ring (bicyclic) bond motifs is 2. The minimum atomic E-state index is -0.567. The molecule has 1 aliphatic rings. The zero-order valence-corrected chi connectivity index (χ0v) is 14.0. The summed E-state index contributed by atoms with van der Waals surface area (Å²) in [5, 5.41) is 19.5. The third kappa shape index (κ3) is 2.38. The lowest BCUT2D eigenvalue weighted by atomic mass is 10.3. The second-order valence-electron chi connectivity index (χ2n) is 4.86. The van der Waals surface area contributed by atoms with Crippen LogP contribution in [-0.2, 0) is 4.79 Å². The zero-order valence-electron chi connectivity index (χ0n) is 11.7. The maximum Gasteiger partial charge on any atom is 0.300 e. The number of carbonyl (C=O) groups is 1. The van der Waals surface area contributed by atoms with Crippen LogP contribution in [0.25, 0.3) is 16.7 Å². The largest absolute Gasteiger partial charge is 0.493 e. The molecule has 0 radical (unpaired) electrons. The molecule has 0 spiro atoms. The Balaban J connectivity index is 1.87. The fourth-order valence-electron chi connectivity index (χ4n) is 2.27. The van der Waals surface area contributed by atoms with Crippen molar-refractivity contribution in [2.45, 2.75) is 0 Å². The summed E-state index contributed by atoms with van der Waals surface area (Å²) in [4.78, 5) is 26.7. The molecule has 0 unspecified atom stereocenters. The Morgan fingerprint density at radius 1 is 1.21 bits per heavy atom. The van der Waals surface area contributed by atoms with Crippen LogP contribution in [0.3, 0.4) is 0 Å². The van der Waals surface area contributed by atoms with Crippen molar-refractivity contribution in [3.8, 4) is 5.88 Å². The van der Waals surface area contributed by atoms with Crippen molar-refractivity contribution < 1.29 is 9.90 Å². The lowest BCUT2D eigenvalue weighted by Gasteiger charge is -1.93. The molecule has 0 saturated carbocycles. The molecule has 0 saturated heterocycles. The number of halogens is 2. The fraction of sp³-hybridized carbons (Fsp3) is 0. The summed E-state index contributed by atoms with van der Waals surface area (Å²) in [7, 11) is 0. The van der Waals surface area contributed by atoms with Gasteiger partial charge in [0.2, 0.25) is 5.88 Å². The highest BCUT2D eigenvalue weighted by molar-refractivity contribution is 9.10. The molecule has 0 aromatic carbocycles. The number of carbonyl (C=O) groups excluding carboxylic acids is 1. The Kier molecular flexibility index (Phi) is 3.39. The molecule has 4 heterocycles. The van der Waals surface area contributed by atoms with Crippen LogP contribution in [0, 0.1) is 0 Å². The lowest BCUT2D eigenvalue weighted by Crippen LogP contribution is -2.26. The Morgan fingerprint density at radius 3 is 2.88 bits per heavy atom. The van der Waals surface area contributed by atoms with E-state index in [1.165, 1.54) is 12.3 Å². The van der Waals surface area contributed by atoms with Crippen molar-refractivity contribution in [2.24, 2.45) is 15.2 Å². The van der Waals surface area contributed by atoms with E-state index in [0.29, 0.717) is 31.2 Å². The molecule has 24 heavy (non-hydrogen) atoms. The van der Waals surface area contributed by atoms with Gasteiger partial charge in [-0.05, 0) is 28.1 Å². The number of aromatic hydroxyl groups is 1. The first-order valence-electron chi connectivity index (χ1n) is 6.60. The van der Waals surface area contributed by atoms with Crippen molar-refractivity contribution in [3.63, 3.8) is 0 Å². The van der Waals surface area contributed by atoms with Gasteiger partial charge >= 0.3 is 0 Å². The number of azo groups is 1. The molecule has 0 atom stereocenters. The number of aromatic nitrogens is 3. The number of amides is 1. The normalized spacial score (nSPS) is 13.8. The zero-order chi connectivity index (χ0) is 16.8. The molecule has 2 N–H and O–H groups in total. The molecule has 10 heteroatoms. The number of hydrogen-bond donors (Lipinski definition) is 2.